The fourth-order valence-corrected chi connectivity index (χ4v) is 4.73. The zero-order chi connectivity index (χ0) is 18.6. The van der Waals surface area contributed by atoms with Crippen LogP contribution in [0.1, 0.15) is 26.6 Å². The lowest BCUT2D eigenvalue weighted by atomic mass is 10.2. The maximum absolute atomic E-state index is 12.8. The molecule has 2 aromatic carbocycles. The topological polar surface area (TPSA) is 76.1 Å². The Bertz CT molecular complexity index is 1010. The summed E-state index contributed by atoms with van der Waals surface area (Å²) in [5.41, 5.74) is 1.58. The van der Waals surface area contributed by atoms with Crippen LogP contribution in [0.5, 0.6) is 0 Å². The van der Waals surface area contributed by atoms with Gasteiger partial charge in [0, 0.05) is 5.38 Å². The number of amides is 1. The molecule has 0 radical (unpaired) electrons. The van der Waals surface area contributed by atoms with E-state index in [1.807, 2.05) is 18.4 Å². The highest BCUT2D eigenvalue weighted by atomic mass is 32.2. The van der Waals surface area contributed by atoms with Gasteiger partial charge in [-0.2, -0.15) is 0 Å². The van der Waals surface area contributed by atoms with Gasteiger partial charge in [0.15, 0.2) is 9.84 Å². The van der Waals surface area contributed by atoms with Crippen LogP contribution in [0, 0.1) is 6.92 Å². The number of nitrogens with one attached hydrogen (secondary N) is 1. The van der Waals surface area contributed by atoms with E-state index in [4.69, 9.17) is 0 Å². The molecule has 0 unspecified atom stereocenters. The Hall–Kier alpha value is -2.51. The summed E-state index contributed by atoms with van der Waals surface area (Å²) in [7, 11) is -3.64. The van der Waals surface area contributed by atoms with Gasteiger partial charge < -0.3 is 5.32 Å². The van der Waals surface area contributed by atoms with Gasteiger partial charge in [0.05, 0.1) is 33.5 Å². The lowest BCUT2D eigenvalue weighted by Crippen LogP contribution is -2.25. The van der Waals surface area contributed by atoms with Gasteiger partial charge in [-0.05, 0) is 24.6 Å². The van der Waals surface area contributed by atoms with E-state index in [-0.39, 0.29) is 22.8 Å². The number of hydrogen-bond donors (Lipinski definition) is 1. The molecule has 0 spiro atoms. The van der Waals surface area contributed by atoms with Crippen LogP contribution in [0.2, 0.25) is 0 Å². The number of thiazole rings is 1. The van der Waals surface area contributed by atoms with Crippen molar-refractivity contribution in [1.29, 1.82) is 0 Å². The Morgan fingerprint density at radius 1 is 1.08 bits per heavy atom. The van der Waals surface area contributed by atoms with Crippen molar-refractivity contribution >= 4 is 27.1 Å². The van der Waals surface area contributed by atoms with Crippen LogP contribution in [0.15, 0.2) is 64.9 Å². The van der Waals surface area contributed by atoms with Gasteiger partial charge in [0.25, 0.3) is 5.91 Å². The molecule has 0 fully saturated rings. The van der Waals surface area contributed by atoms with E-state index in [2.05, 4.69) is 10.3 Å². The second-order valence-corrected chi connectivity index (χ2v) is 8.80. The number of nitrogens with zero attached hydrogens (tertiary/aromatic N) is 1. The molecule has 0 aliphatic heterocycles. The van der Waals surface area contributed by atoms with Crippen LogP contribution in [0.3, 0.4) is 0 Å². The van der Waals surface area contributed by atoms with Gasteiger partial charge >= 0.3 is 0 Å². The standard InChI is InChI=1S/C19H18N2O3S2/c1-14-21-16(12-25-14)11-20-19(22)17-9-5-6-10-18(17)26(23,24)13-15-7-3-2-4-8-15/h2-10,12H,11,13H2,1H3,(H,20,22). The summed E-state index contributed by atoms with van der Waals surface area (Å²) in [6.45, 7) is 2.15. The molecule has 0 saturated carbocycles. The van der Waals surface area contributed by atoms with Crippen molar-refractivity contribution in [3.05, 3.63) is 81.8 Å². The summed E-state index contributed by atoms with van der Waals surface area (Å²) >= 11 is 1.50. The quantitative estimate of drug-likeness (QED) is 0.705. The number of hydrogen-bond acceptors (Lipinski definition) is 5. The summed E-state index contributed by atoms with van der Waals surface area (Å²) in [4.78, 5) is 16.9. The predicted octanol–water partition coefficient (Wildman–Crippen LogP) is 3.36. The number of carbonyl (C=O) groups excluding carboxylic acids is 1. The third kappa shape index (κ3) is 4.36. The molecular weight excluding hydrogens is 368 g/mol. The normalized spacial score (nSPS) is 11.3. The van der Waals surface area contributed by atoms with Crippen LogP contribution in [-0.4, -0.2) is 19.3 Å². The second kappa shape index (κ2) is 7.80. The Morgan fingerprint density at radius 2 is 1.77 bits per heavy atom. The van der Waals surface area contributed by atoms with Gasteiger partial charge in [0.1, 0.15) is 0 Å². The van der Waals surface area contributed by atoms with E-state index in [1.165, 1.54) is 23.5 Å². The number of carbonyl (C=O) groups is 1. The zero-order valence-corrected chi connectivity index (χ0v) is 15.8. The molecule has 3 rings (SSSR count). The number of aromatic nitrogens is 1. The molecule has 1 amide bonds. The molecule has 0 bridgehead atoms. The summed E-state index contributed by atoms with van der Waals surface area (Å²) in [6, 6.07) is 15.2. The van der Waals surface area contributed by atoms with Crippen LogP contribution in [0.4, 0.5) is 0 Å². The van der Waals surface area contributed by atoms with E-state index < -0.39 is 15.7 Å². The van der Waals surface area contributed by atoms with Crippen molar-refractivity contribution in [3.63, 3.8) is 0 Å². The molecule has 5 nitrogen and oxygen atoms in total. The molecule has 1 aromatic heterocycles. The summed E-state index contributed by atoms with van der Waals surface area (Å²) in [6.07, 6.45) is 0. The second-order valence-electron chi connectivity index (χ2n) is 5.78. The van der Waals surface area contributed by atoms with E-state index in [9.17, 15) is 13.2 Å². The predicted molar refractivity (Wildman–Crippen MR) is 102 cm³/mol. The molecule has 0 atom stereocenters. The first-order valence-electron chi connectivity index (χ1n) is 8.00. The smallest absolute Gasteiger partial charge is 0.252 e. The first-order valence-corrected chi connectivity index (χ1v) is 10.5. The molecule has 0 aliphatic rings. The first kappa shape index (κ1) is 18.3. The molecule has 134 valence electrons. The van der Waals surface area contributed by atoms with Gasteiger partial charge in [-0.15, -0.1) is 11.3 Å². The number of rotatable bonds is 6. The van der Waals surface area contributed by atoms with Crippen molar-refractivity contribution in [2.45, 2.75) is 24.1 Å². The molecule has 1 N–H and O–H groups in total. The molecule has 0 aliphatic carbocycles. The molecule has 3 aromatic rings. The van der Waals surface area contributed by atoms with Crippen LogP contribution < -0.4 is 5.32 Å². The summed E-state index contributed by atoms with van der Waals surface area (Å²) < 4.78 is 25.6. The van der Waals surface area contributed by atoms with Gasteiger partial charge in [-0.1, -0.05) is 42.5 Å². The van der Waals surface area contributed by atoms with Crippen LogP contribution in [0.25, 0.3) is 0 Å². The fourth-order valence-electron chi connectivity index (χ4n) is 2.55. The lowest BCUT2D eigenvalue weighted by molar-refractivity contribution is 0.0947. The minimum absolute atomic E-state index is 0.0378. The van der Waals surface area contributed by atoms with Crippen molar-refractivity contribution in [2.24, 2.45) is 0 Å². The highest BCUT2D eigenvalue weighted by Crippen LogP contribution is 2.21. The van der Waals surface area contributed by atoms with E-state index >= 15 is 0 Å². The number of aryl methyl sites for hydroxylation is 1. The van der Waals surface area contributed by atoms with Crippen molar-refractivity contribution in [1.82, 2.24) is 10.3 Å². The van der Waals surface area contributed by atoms with Gasteiger partial charge in [0.2, 0.25) is 0 Å². The van der Waals surface area contributed by atoms with Crippen LogP contribution in [-0.2, 0) is 22.1 Å². The molecular formula is C19H18N2O3S2. The van der Waals surface area contributed by atoms with Crippen molar-refractivity contribution in [3.8, 4) is 0 Å². The highest BCUT2D eigenvalue weighted by molar-refractivity contribution is 7.90. The van der Waals surface area contributed by atoms with Crippen molar-refractivity contribution < 1.29 is 13.2 Å². The maximum Gasteiger partial charge on any atom is 0.252 e. The third-order valence-corrected chi connectivity index (χ3v) is 6.32. The SMILES string of the molecule is Cc1nc(CNC(=O)c2ccccc2S(=O)(=O)Cc2ccccc2)cs1. The van der Waals surface area contributed by atoms with Gasteiger partial charge in [-0.25, -0.2) is 13.4 Å². The highest BCUT2D eigenvalue weighted by Gasteiger charge is 2.22. The summed E-state index contributed by atoms with van der Waals surface area (Å²) in [5.74, 6) is -0.577. The zero-order valence-electron chi connectivity index (χ0n) is 14.2. The van der Waals surface area contributed by atoms with Gasteiger partial charge in [-0.3, -0.25) is 4.79 Å². The largest absolute Gasteiger partial charge is 0.346 e. The molecule has 0 saturated heterocycles. The Balaban J connectivity index is 1.81. The van der Waals surface area contributed by atoms with Crippen LogP contribution >= 0.6 is 11.3 Å². The molecule has 26 heavy (non-hydrogen) atoms. The Labute approximate surface area is 156 Å². The van der Waals surface area contributed by atoms with E-state index in [1.54, 1.807) is 36.4 Å². The van der Waals surface area contributed by atoms with E-state index in [0.29, 0.717) is 5.56 Å². The third-order valence-electron chi connectivity index (χ3n) is 3.76. The lowest BCUT2D eigenvalue weighted by Gasteiger charge is -2.11. The average Bonchev–Trinajstić information content (AvgIpc) is 3.05. The molecule has 7 heteroatoms. The monoisotopic (exact) mass is 386 g/mol. The first-order chi connectivity index (χ1) is 12.5. The van der Waals surface area contributed by atoms with Crippen molar-refractivity contribution in [2.75, 3.05) is 0 Å². The number of benzene rings is 2. The maximum atomic E-state index is 12.8. The van der Waals surface area contributed by atoms with E-state index in [0.717, 1.165) is 10.7 Å². The number of sulfone groups is 1. The molecule has 1 heterocycles. The average molecular weight is 386 g/mol. The minimum atomic E-state index is -3.64. The Kier molecular flexibility index (Phi) is 5.49. The minimum Gasteiger partial charge on any atom is -0.346 e. The fraction of sp³-hybridized carbons (Fsp3) is 0.158. The Morgan fingerprint density at radius 3 is 2.46 bits per heavy atom. The summed E-state index contributed by atoms with van der Waals surface area (Å²) in [5, 5.41) is 5.53.